The summed E-state index contributed by atoms with van der Waals surface area (Å²) < 4.78 is 2.09. The fourth-order valence-corrected chi connectivity index (χ4v) is 2.32. The second kappa shape index (κ2) is 4.55. The summed E-state index contributed by atoms with van der Waals surface area (Å²) in [6, 6.07) is 11.5. The van der Waals surface area contributed by atoms with Gasteiger partial charge in [0.05, 0.1) is 28.3 Å². The number of para-hydroxylation sites is 2. The Bertz CT molecular complexity index is 748. The first kappa shape index (κ1) is 12.0. The maximum absolute atomic E-state index is 6.16. The van der Waals surface area contributed by atoms with Gasteiger partial charge in [-0.05, 0) is 31.2 Å². The van der Waals surface area contributed by atoms with E-state index in [1.54, 1.807) is 12.1 Å². The van der Waals surface area contributed by atoms with Gasteiger partial charge in [-0.25, -0.2) is 9.97 Å². The molecule has 2 aromatic heterocycles. The number of hydrogen-bond acceptors (Lipinski definition) is 3. The Morgan fingerprint density at radius 1 is 1.16 bits per heavy atom. The predicted molar refractivity (Wildman–Crippen MR) is 77.2 cm³/mol. The van der Waals surface area contributed by atoms with Crippen LogP contribution in [0.4, 0.5) is 5.82 Å². The lowest BCUT2D eigenvalue weighted by Gasteiger charge is -2.08. The molecule has 4 nitrogen and oxygen atoms in total. The first-order valence-electron chi connectivity index (χ1n) is 5.98. The van der Waals surface area contributed by atoms with Gasteiger partial charge in [0.25, 0.3) is 0 Å². The monoisotopic (exact) mass is 272 g/mol. The summed E-state index contributed by atoms with van der Waals surface area (Å²) in [6.45, 7) is 2.54. The average Bonchev–Trinajstić information content (AvgIpc) is 2.71. The highest BCUT2D eigenvalue weighted by molar-refractivity contribution is 6.31. The Hall–Kier alpha value is -2.07. The number of nitrogens with zero attached hydrogens (tertiary/aromatic N) is 3. The van der Waals surface area contributed by atoms with E-state index < -0.39 is 0 Å². The van der Waals surface area contributed by atoms with Crippen LogP contribution in [0.15, 0.2) is 36.4 Å². The number of imidazole rings is 1. The maximum Gasteiger partial charge on any atom is 0.123 e. The molecule has 0 amide bonds. The molecule has 0 fully saturated rings. The fourth-order valence-electron chi connectivity index (χ4n) is 2.16. The van der Waals surface area contributed by atoms with Crippen molar-refractivity contribution in [3.8, 4) is 0 Å². The SMILES string of the molecule is Cc1nc2ccccc2n1Cc1nc(N)ccc1Cl. The Balaban J connectivity index is 2.10. The molecule has 0 aliphatic carbocycles. The molecular weight excluding hydrogens is 260 g/mol. The third-order valence-electron chi connectivity index (χ3n) is 3.09. The topological polar surface area (TPSA) is 56.7 Å². The molecule has 2 N–H and O–H groups in total. The van der Waals surface area contributed by atoms with Gasteiger partial charge >= 0.3 is 0 Å². The number of nitrogen functional groups attached to an aromatic ring is 1. The summed E-state index contributed by atoms with van der Waals surface area (Å²) >= 11 is 6.16. The zero-order valence-electron chi connectivity index (χ0n) is 10.5. The number of fused-ring (bicyclic) bond motifs is 1. The van der Waals surface area contributed by atoms with Crippen molar-refractivity contribution < 1.29 is 0 Å². The summed E-state index contributed by atoms with van der Waals surface area (Å²) in [5.41, 5.74) is 8.51. The van der Waals surface area contributed by atoms with Crippen molar-refractivity contribution in [1.29, 1.82) is 0 Å². The van der Waals surface area contributed by atoms with Gasteiger partial charge in [0.15, 0.2) is 0 Å². The lowest BCUT2D eigenvalue weighted by atomic mass is 10.3. The maximum atomic E-state index is 6.16. The largest absolute Gasteiger partial charge is 0.384 e. The number of pyridine rings is 1. The van der Waals surface area contributed by atoms with Gasteiger partial charge in [-0.2, -0.15) is 0 Å². The number of rotatable bonds is 2. The van der Waals surface area contributed by atoms with Crippen molar-refractivity contribution in [3.63, 3.8) is 0 Å². The van der Waals surface area contributed by atoms with Gasteiger partial charge in [-0.3, -0.25) is 0 Å². The van der Waals surface area contributed by atoms with E-state index in [2.05, 4.69) is 14.5 Å². The zero-order chi connectivity index (χ0) is 13.4. The molecule has 0 saturated heterocycles. The normalized spacial score (nSPS) is 11.1. The predicted octanol–water partition coefficient (Wildman–Crippen LogP) is 3.02. The van der Waals surface area contributed by atoms with Crippen molar-refractivity contribution in [2.24, 2.45) is 0 Å². The molecule has 3 rings (SSSR count). The van der Waals surface area contributed by atoms with E-state index in [9.17, 15) is 0 Å². The van der Waals surface area contributed by atoms with Crippen molar-refractivity contribution >= 4 is 28.5 Å². The van der Waals surface area contributed by atoms with Crippen LogP contribution in [0.1, 0.15) is 11.5 Å². The molecule has 0 spiro atoms. The van der Waals surface area contributed by atoms with E-state index in [0.29, 0.717) is 17.4 Å². The summed E-state index contributed by atoms with van der Waals surface area (Å²) in [6.07, 6.45) is 0. The minimum atomic E-state index is 0.474. The third-order valence-corrected chi connectivity index (χ3v) is 3.44. The molecule has 5 heteroatoms. The Morgan fingerprint density at radius 3 is 2.79 bits per heavy atom. The van der Waals surface area contributed by atoms with E-state index in [0.717, 1.165) is 22.6 Å². The minimum Gasteiger partial charge on any atom is -0.384 e. The standard InChI is InChI=1S/C14H13ClN4/c1-9-17-11-4-2-3-5-13(11)19(9)8-12-10(15)6-7-14(16)18-12/h2-7H,8H2,1H3,(H2,16,18). The number of nitrogens with two attached hydrogens (primary N) is 1. The molecule has 0 aliphatic heterocycles. The second-order valence-corrected chi connectivity index (χ2v) is 4.81. The Morgan fingerprint density at radius 2 is 1.95 bits per heavy atom. The van der Waals surface area contributed by atoms with Crippen LogP contribution in [0.25, 0.3) is 11.0 Å². The van der Waals surface area contributed by atoms with Gasteiger partial charge in [0.2, 0.25) is 0 Å². The molecule has 0 aliphatic rings. The van der Waals surface area contributed by atoms with Crippen molar-refractivity contribution in [2.75, 3.05) is 5.73 Å². The fraction of sp³-hybridized carbons (Fsp3) is 0.143. The molecule has 0 atom stereocenters. The lowest BCUT2D eigenvalue weighted by molar-refractivity contribution is 0.766. The highest BCUT2D eigenvalue weighted by Crippen LogP contribution is 2.21. The Labute approximate surface area is 115 Å². The van der Waals surface area contributed by atoms with Crippen LogP contribution in [0.5, 0.6) is 0 Å². The molecule has 19 heavy (non-hydrogen) atoms. The van der Waals surface area contributed by atoms with E-state index >= 15 is 0 Å². The molecule has 96 valence electrons. The third kappa shape index (κ3) is 2.15. The van der Waals surface area contributed by atoms with E-state index in [1.807, 2.05) is 31.2 Å². The van der Waals surface area contributed by atoms with Gasteiger partial charge < -0.3 is 10.3 Å². The number of hydrogen-bond donors (Lipinski definition) is 1. The number of halogens is 1. The van der Waals surface area contributed by atoms with E-state index in [1.165, 1.54) is 0 Å². The number of aromatic nitrogens is 3. The highest BCUT2D eigenvalue weighted by Gasteiger charge is 2.10. The molecule has 3 aromatic rings. The molecule has 0 bridgehead atoms. The first-order valence-corrected chi connectivity index (χ1v) is 6.36. The summed E-state index contributed by atoms with van der Waals surface area (Å²) in [4.78, 5) is 8.81. The van der Waals surface area contributed by atoms with Crippen LogP contribution in [-0.2, 0) is 6.54 Å². The molecule has 0 saturated carbocycles. The van der Waals surface area contributed by atoms with Crippen LogP contribution in [0.2, 0.25) is 5.02 Å². The summed E-state index contributed by atoms with van der Waals surface area (Å²) in [5, 5.41) is 0.617. The van der Waals surface area contributed by atoms with Crippen LogP contribution < -0.4 is 5.73 Å². The summed E-state index contributed by atoms with van der Waals surface area (Å²) in [5.74, 6) is 1.41. The van der Waals surface area contributed by atoms with Gasteiger partial charge in [0, 0.05) is 0 Å². The summed E-state index contributed by atoms with van der Waals surface area (Å²) in [7, 11) is 0. The minimum absolute atomic E-state index is 0.474. The second-order valence-electron chi connectivity index (χ2n) is 4.40. The smallest absolute Gasteiger partial charge is 0.123 e. The van der Waals surface area contributed by atoms with Crippen molar-refractivity contribution in [2.45, 2.75) is 13.5 Å². The number of benzene rings is 1. The highest BCUT2D eigenvalue weighted by atomic mass is 35.5. The quantitative estimate of drug-likeness (QED) is 0.780. The first-order chi connectivity index (χ1) is 9.15. The van der Waals surface area contributed by atoms with Crippen LogP contribution >= 0.6 is 11.6 Å². The number of aryl methyl sites for hydroxylation is 1. The lowest BCUT2D eigenvalue weighted by Crippen LogP contribution is -2.06. The molecule has 0 unspecified atom stereocenters. The molecule has 1 aromatic carbocycles. The van der Waals surface area contributed by atoms with Crippen molar-refractivity contribution in [3.05, 3.63) is 52.9 Å². The van der Waals surface area contributed by atoms with Gasteiger partial charge in [-0.15, -0.1) is 0 Å². The van der Waals surface area contributed by atoms with E-state index in [4.69, 9.17) is 17.3 Å². The molecule has 2 heterocycles. The van der Waals surface area contributed by atoms with Crippen LogP contribution in [0, 0.1) is 6.92 Å². The van der Waals surface area contributed by atoms with Crippen molar-refractivity contribution in [1.82, 2.24) is 14.5 Å². The van der Waals surface area contributed by atoms with E-state index in [-0.39, 0.29) is 0 Å². The Kier molecular flexibility index (Phi) is 2.87. The van der Waals surface area contributed by atoms with Crippen LogP contribution in [0.3, 0.4) is 0 Å². The number of anilines is 1. The zero-order valence-corrected chi connectivity index (χ0v) is 11.2. The van der Waals surface area contributed by atoms with Crippen LogP contribution in [-0.4, -0.2) is 14.5 Å². The molecular formula is C14H13ClN4. The molecule has 0 radical (unpaired) electrons. The van der Waals surface area contributed by atoms with Gasteiger partial charge in [-0.1, -0.05) is 23.7 Å². The average molecular weight is 273 g/mol. The van der Waals surface area contributed by atoms with Gasteiger partial charge in [0.1, 0.15) is 11.6 Å².